The monoisotopic (exact) mass is 176 g/mol. The maximum absolute atomic E-state index is 5.56. The van der Waals surface area contributed by atoms with Crippen molar-refractivity contribution >= 4 is 0 Å². The fourth-order valence-electron chi connectivity index (χ4n) is 2.32. The van der Waals surface area contributed by atoms with Crippen molar-refractivity contribution in [2.75, 3.05) is 13.4 Å². The zero-order chi connectivity index (χ0) is 8.67. The first kappa shape index (κ1) is 7.54. The molecule has 0 N–H and O–H groups in total. The quantitative estimate of drug-likeness (QED) is 0.599. The van der Waals surface area contributed by atoms with Crippen LogP contribution in [0.3, 0.4) is 0 Å². The lowest BCUT2D eigenvalue weighted by molar-refractivity contribution is -0.145. The predicted octanol–water partition coefficient (Wildman–Crippen LogP) is 1.70. The minimum absolute atomic E-state index is 0.367. The van der Waals surface area contributed by atoms with Gasteiger partial charge in [-0.15, -0.1) is 0 Å². The second-order valence-electron chi connectivity index (χ2n) is 3.70. The van der Waals surface area contributed by atoms with Crippen molar-refractivity contribution < 1.29 is 9.47 Å². The molecule has 3 rings (SSSR count). The van der Waals surface area contributed by atoms with Crippen LogP contribution in [0.1, 0.15) is 17.0 Å². The number of rotatable bonds is 0. The summed E-state index contributed by atoms with van der Waals surface area (Å²) in [4.78, 5) is 0. The van der Waals surface area contributed by atoms with Gasteiger partial charge >= 0.3 is 0 Å². The average molecular weight is 176 g/mol. The van der Waals surface area contributed by atoms with Gasteiger partial charge in [0.05, 0.1) is 12.7 Å². The zero-order valence-electron chi connectivity index (χ0n) is 7.40. The van der Waals surface area contributed by atoms with E-state index < -0.39 is 0 Å². The van der Waals surface area contributed by atoms with Crippen molar-refractivity contribution in [2.45, 2.75) is 18.4 Å². The van der Waals surface area contributed by atoms with E-state index in [1.807, 2.05) is 0 Å². The lowest BCUT2D eigenvalue weighted by Gasteiger charge is -2.26. The summed E-state index contributed by atoms with van der Waals surface area (Å²) in [6.07, 6.45) is 1.43. The Hall–Kier alpha value is -0.860. The van der Waals surface area contributed by atoms with Crippen LogP contribution in [0.5, 0.6) is 0 Å². The van der Waals surface area contributed by atoms with E-state index in [0.29, 0.717) is 18.8 Å². The fourth-order valence-corrected chi connectivity index (χ4v) is 2.32. The summed E-state index contributed by atoms with van der Waals surface area (Å²) in [7, 11) is 0. The number of hydrogen-bond acceptors (Lipinski definition) is 2. The molecule has 1 saturated heterocycles. The highest BCUT2D eigenvalue weighted by Crippen LogP contribution is 2.36. The molecule has 1 fully saturated rings. The van der Waals surface area contributed by atoms with Crippen molar-refractivity contribution in [1.82, 2.24) is 0 Å². The minimum Gasteiger partial charge on any atom is -0.355 e. The molecule has 13 heavy (non-hydrogen) atoms. The van der Waals surface area contributed by atoms with Gasteiger partial charge in [-0.2, -0.15) is 0 Å². The molecule has 1 aromatic carbocycles. The van der Waals surface area contributed by atoms with Crippen LogP contribution in [-0.2, 0) is 15.9 Å². The van der Waals surface area contributed by atoms with Crippen molar-refractivity contribution in [3.8, 4) is 0 Å². The number of ether oxygens (including phenoxy) is 2. The van der Waals surface area contributed by atoms with Crippen LogP contribution in [0.25, 0.3) is 0 Å². The molecular weight excluding hydrogens is 164 g/mol. The highest BCUT2D eigenvalue weighted by molar-refractivity contribution is 5.37. The molecular formula is C11H12O2. The largest absolute Gasteiger partial charge is 0.355 e. The summed E-state index contributed by atoms with van der Waals surface area (Å²) < 4.78 is 10.9. The maximum atomic E-state index is 5.56. The summed E-state index contributed by atoms with van der Waals surface area (Å²) in [5.74, 6) is 0.477. The Morgan fingerprint density at radius 2 is 2.15 bits per heavy atom. The fraction of sp³-hybridized carbons (Fsp3) is 0.455. The Morgan fingerprint density at radius 1 is 1.23 bits per heavy atom. The van der Waals surface area contributed by atoms with Gasteiger partial charge in [-0.05, 0) is 17.5 Å². The lowest BCUT2D eigenvalue weighted by Crippen LogP contribution is -2.29. The van der Waals surface area contributed by atoms with E-state index in [-0.39, 0.29) is 0 Å². The number of benzene rings is 1. The summed E-state index contributed by atoms with van der Waals surface area (Å²) in [6.45, 7) is 1.29. The van der Waals surface area contributed by atoms with Crippen LogP contribution in [0, 0.1) is 0 Å². The van der Waals surface area contributed by atoms with E-state index in [9.17, 15) is 0 Å². The Kier molecular flexibility index (Phi) is 1.64. The molecule has 2 unspecified atom stereocenters. The van der Waals surface area contributed by atoms with Crippen LogP contribution in [0.15, 0.2) is 24.3 Å². The van der Waals surface area contributed by atoms with E-state index in [0.717, 1.165) is 13.0 Å². The standard InChI is InChI=1S/C11H12O2/c1-2-4-9-8(3-1)5-11-10(9)6-12-7-13-11/h1-4,10-11H,5-7H2. The van der Waals surface area contributed by atoms with Crippen LogP contribution < -0.4 is 0 Å². The Labute approximate surface area is 77.5 Å². The molecule has 1 aliphatic carbocycles. The highest BCUT2D eigenvalue weighted by atomic mass is 16.7. The lowest BCUT2D eigenvalue weighted by atomic mass is 10.0. The van der Waals surface area contributed by atoms with Crippen molar-refractivity contribution in [2.24, 2.45) is 0 Å². The first-order valence-corrected chi connectivity index (χ1v) is 4.72. The molecule has 0 amide bonds. The van der Waals surface area contributed by atoms with Gasteiger partial charge in [-0.1, -0.05) is 24.3 Å². The Balaban J connectivity index is 2.01. The van der Waals surface area contributed by atoms with Crippen molar-refractivity contribution in [1.29, 1.82) is 0 Å². The normalized spacial score (nSPS) is 31.1. The van der Waals surface area contributed by atoms with E-state index in [4.69, 9.17) is 9.47 Å². The molecule has 2 heteroatoms. The summed E-state index contributed by atoms with van der Waals surface area (Å²) in [6, 6.07) is 8.57. The van der Waals surface area contributed by atoms with Crippen molar-refractivity contribution in [3.63, 3.8) is 0 Å². The molecule has 0 aromatic heterocycles. The molecule has 0 bridgehead atoms. The molecule has 2 nitrogen and oxygen atoms in total. The van der Waals surface area contributed by atoms with Gasteiger partial charge in [0, 0.05) is 5.92 Å². The van der Waals surface area contributed by atoms with Gasteiger partial charge in [0.1, 0.15) is 6.79 Å². The topological polar surface area (TPSA) is 18.5 Å². The SMILES string of the molecule is c1ccc2c(c1)CC1OCOCC21. The Morgan fingerprint density at radius 3 is 3.15 bits per heavy atom. The molecule has 2 atom stereocenters. The summed E-state index contributed by atoms with van der Waals surface area (Å²) in [5, 5.41) is 0. The smallest absolute Gasteiger partial charge is 0.147 e. The van der Waals surface area contributed by atoms with Crippen LogP contribution in [-0.4, -0.2) is 19.5 Å². The van der Waals surface area contributed by atoms with Crippen molar-refractivity contribution in [3.05, 3.63) is 35.4 Å². The third kappa shape index (κ3) is 1.10. The van der Waals surface area contributed by atoms with Gasteiger partial charge in [0.15, 0.2) is 0 Å². The van der Waals surface area contributed by atoms with Gasteiger partial charge < -0.3 is 9.47 Å². The molecule has 0 radical (unpaired) electrons. The van der Waals surface area contributed by atoms with Gasteiger partial charge in [0.25, 0.3) is 0 Å². The second kappa shape index (κ2) is 2.82. The summed E-state index contributed by atoms with van der Waals surface area (Å²) in [5.41, 5.74) is 2.86. The van der Waals surface area contributed by atoms with E-state index >= 15 is 0 Å². The molecule has 1 heterocycles. The van der Waals surface area contributed by atoms with E-state index in [1.165, 1.54) is 11.1 Å². The minimum atomic E-state index is 0.367. The molecule has 1 aromatic rings. The van der Waals surface area contributed by atoms with Crippen LogP contribution in [0.4, 0.5) is 0 Å². The van der Waals surface area contributed by atoms with Crippen LogP contribution >= 0.6 is 0 Å². The Bertz CT molecular complexity index is 322. The molecule has 1 aliphatic heterocycles. The van der Waals surface area contributed by atoms with E-state index in [2.05, 4.69) is 24.3 Å². The van der Waals surface area contributed by atoms with Gasteiger partial charge in [0.2, 0.25) is 0 Å². The zero-order valence-corrected chi connectivity index (χ0v) is 7.40. The molecule has 2 aliphatic rings. The van der Waals surface area contributed by atoms with E-state index in [1.54, 1.807) is 0 Å². The first-order chi connectivity index (χ1) is 6.45. The van der Waals surface area contributed by atoms with Crippen LogP contribution in [0.2, 0.25) is 0 Å². The third-order valence-electron chi connectivity index (χ3n) is 2.99. The summed E-state index contributed by atoms with van der Waals surface area (Å²) >= 11 is 0. The molecule has 0 spiro atoms. The van der Waals surface area contributed by atoms with Gasteiger partial charge in [-0.3, -0.25) is 0 Å². The average Bonchev–Trinajstić information content (AvgIpc) is 2.56. The predicted molar refractivity (Wildman–Crippen MR) is 48.6 cm³/mol. The highest BCUT2D eigenvalue weighted by Gasteiger charge is 2.35. The number of fused-ring (bicyclic) bond motifs is 3. The molecule has 68 valence electrons. The third-order valence-corrected chi connectivity index (χ3v) is 2.99. The number of hydrogen-bond donors (Lipinski definition) is 0. The second-order valence-corrected chi connectivity index (χ2v) is 3.70. The first-order valence-electron chi connectivity index (χ1n) is 4.72. The molecule has 0 saturated carbocycles. The maximum Gasteiger partial charge on any atom is 0.147 e. The van der Waals surface area contributed by atoms with Gasteiger partial charge in [-0.25, -0.2) is 0 Å².